The van der Waals surface area contributed by atoms with Crippen LogP contribution in [0.4, 0.5) is 0 Å². The first-order valence-electron chi connectivity index (χ1n) is 13.2. The highest BCUT2D eigenvalue weighted by Gasteiger charge is 2.31. The van der Waals surface area contributed by atoms with Gasteiger partial charge in [-0.1, -0.05) is 73.1 Å². The first kappa shape index (κ1) is 27.5. The van der Waals surface area contributed by atoms with Gasteiger partial charge in [-0.05, 0) is 54.7 Å². The van der Waals surface area contributed by atoms with Crippen molar-refractivity contribution in [1.82, 2.24) is 10.2 Å². The number of amides is 2. The molecule has 4 rings (SSSR count). The molecule has 38 heavy (non-hydrogen) atoms. The van der Waals surface area contributed by atoms with Gasteiger partial charge in [-0.3, -0.25) is 9.59 Å². The van der Waals surface area contributed by atoms with E-state index in [0.717, 1.165) is 28.9 Å². The number of hydrogen-bond acceptors (Lipinski definition) is 4. The maximum atomic E-state index is 13.9. The minimum atomic E-state index is -0.685. The van der Waals surface area contributed by atoms with E-state index < -0.39 is 6.04 Å². The van der Waals surface area contributed by atoms with Gasteiger partial charge in [0.25, 0.3) is 0 Å². The first-order valence-corrected chi connectivity index (χ1v) is 13.6. The monoisotopic (exact) mass is 534 g/mol. The molecule has 0 unspecified atom stereocenters. The topological polar surface area (TPSA) is 67.9 Å². The van der Waals surface area contributed by atoms with Gasteiger partial charge in [-0.15, -0.1) is 0 Å². The minimum absolute atomic E-state index is 0.00393. The number of fused-ring (bicyclic) bond motifs is 1. The molecule has 2 atom stereocenters. The van der Waals surface area contributed by atoms with Crippen LogP contribution in [0.15, 0.2) is 72.8 Å². The predicted octanol–water partition coefficient (Wildman–Crippen LogP) is 5.60. The van der Waals surface area contributed by atoms with Crippen LogP contribution in [0.2, 0.25) is 5.02 Å². The average molecular weight is 535 g/mol. The Morgan fingerprint density at radius 1 is 0.947 bits per heavy atom. The Balaban J connectivity index is 1.60. The van der Waals surface area contributed by atoms with Gasteiger partial charge < -0.3 is 19.7 Å². The van der Waals surface area contributed by atoms with E-state index in [-0.39, 0.29) is 30.8 Å². The molecule has 0 aliphatic carbocycles. The highest BCUT2D eigenvalue weighted by atomic mass is 35.5. The molecule has 7 heteroatoms. The molecule has 200 valence electrons. The summed E-state index contributed by atoms with van der Waals surface area (Å²) in [5, 5.41) is 3.66. The second kappa shape index (κ2) is 13.3. The Hall–Kier alpha value is -3.51. The smallest absolute Gasteiger partial charge is 0.243 e. The number of hydrogen-bond donors (Lipinski definition) is 1. The van der Waals surface area contributed by atoms with E-state index in [9.17, 15) is 9.59 Å². The van der Waals surface area contributed by atoms with Crippen molar-refractivity contribution >= 4 is 23.4 Å². The largest absolute Gasteiger partial charge is 0.486 e. The van der Waals surface area contributed by atoms with Crippen LogP contribution in [0.5, 0.6) is 11.5 Å². The summed E-state index contributed by atoms with van der Waals surface area (Å²) in [6, 6.07) is 22.3. The molecule has 0 saturated heterocycles. The normalized spacial score (nSPS) is 13.9. The lowest BCUT2D eigenvalue weighted by molar-refractivity contribution is -0.141. The summed E-state index contributed by atoms with van der Waals surface area (Å²) in [6.45, 7) is 5.28. The van der Waals surface area contributed by atoms with Crippen molar-refractivity contribution in [2.24, 2.45) is 0 Å². The number of nitrogens with zero attached hydrogens (tertiary/aromatic N) is 1. The maximum Gasteiger partial charge on any atom is 0.243 e. The van der Waals surface area contributed by atoms with Gasteiger partial charge in [0.15, 0.2) is 11.5 Å². The Bertz CT molecular complexity index is 1230. The summed E-state index contributed by atoms with van der Waals surface area (Å²) in [4.78, 5) is 29.1. The number of ether oxygens (including phenoxy) is 2. The number of benzene rings is 3. The van der Waals surface area contributed by atoms with Gasteiger partial charge in [0.05, 0.1) is 0 Å². The molecule has 1 heterocycles. The summed E-state index contributed by atoms with van der Waals surface area (Å²) < 4.78 is 11.3. The zero-order valence-corrected chi connectivity index (χ0v) is 22.7. The summed E-state index contributed by atoms with van der Waals surface area (Å²) in [7, 11) is 0. The number of halogens is 1. The van der Waals surface area contributed by atoms with Crippen molar-refractivity contribution in [3.05, 3.63) is 94.5 Å². The predicted molar refractivity (Wildman–Crippen MR) is 150 cm³/mol. The fourth-order valence-electron chi connectivity index (χ4n) is 4.44. The van der Waals surface area contributed by atoms with Crippen LogP contribution >= 0.6 is 11.6 Å². The van der Waals surface area contributed by atoms with E-state index >= 15 is 0 Å². The van der Waals surface area contributed by atoms with E-state index in [0.29, 0.717) is 36.8 Å². The van der Waals surface area contributed by atoms with Crippen molar-refractivity contribution in [1.29, 1.82) is 0 Å². The number of aryl methyl sites for hydroxylation is 1. The molecule has 3 aromatic carbocycles. The molecule has 0 fully saturated rings. The second-order valence-electron chi connectivity index (χ2n) is 9.61. The molecule has 0 bridgehead atoms. The zero-order valence-electron chi connectivity index (χ0n) is 22.0. The van der Waals surface area contributed by atoms with Crippen LogP contribution in [0.25, 0.3) is 0 Å². The molecular formula is C31H35ClN2O4. The Kier molecular flexibility index (Phi) is 9.66. The van der Waals surface area contributed by atoms with Gasteiger partial charge in [-0.25, -0.2) is 0 Å². The second-order valence-corrected chi connectivity index (χ2v) is 10.0. The van der Waals surface area contributed by atoms with Crippen molar-refractivity contribution in [2.75, 3.05) is 13.2 Å². The molecule has 1 aliphatic heterocycles. The van der Waals surface area contributed by atoms with Crippen LogP contribution in [0, 0.1) is 0 Å². The maximum absolute atomic E-state index is 13.9. The van der Waals surface area contributed by atoms with Crippen LogP contribution in [-0.4, -0.2) is 42.0 Å². The van der Waals surface area contributed by atoms with Gasteiger partial charge in [0.2, 0.25) is 11.8 Å². The molecule has 1 aliphatic rings. The average Bonchev–Trinajstić information content (AvgIpc) is 2.94. The molecule has 0 spiro atoms. The minimum Gasteiger partial charge on any atom is -0.486 e. The number of carbonyl (C=O) groups excluding carboxylic acids is 2. The van der Waals surface area contributed by atoms with E-state index in [2.05, 4.69) is 5.32 Å². The zero-order chi connectivity index (χ0) is 26.9. The van der Waals surface area contributed by atoms with Gasteiger partial charge >= 0.3 is 0 Å². The highest BCUT2D eigenvalue weighted by Crippen LogP contribution is 2.31. The summed E-state index contributed by atoms with van der Waals surface area (Å²) in [5.74, 6) is 1.14. The molecule has 1 N–H and O–H groups in total. The first-order chi connectivity index (χ1) is 18.4. The van der Waals surface area contributed by atoms with Gasteiger partial charge in [0, 0.05) is 30.5 Å². The fourth-order valence-corrected chi connectivity index (χ4v) is 4.64. The van der Waals surface area contributed by atoms with Crippen molar-refractivity contribution in [3.8, 4) is 11.5 Å². The molecule has 2 amide bonds. The van der Waals surface area contributed by atoms with Gasteiger partial charge in [0.1, 0.15) is 19.3 Å². The number of rotatable bonds is 11. The van der Waals surface area contributed by atoms with Crippen molar-refractivity contribution in [2.45, 2.75) is 58.2 Å². The SMILES string of the molecule is CC[C@@H](C)NC(=O)[C@H](Cc1ccccc1)N(Cc1ccccc1Cl)C(=O)CCc1ccc2c(c1)OCCO2. The molecule has 0 saturated carbocycles. The molecule has 0 radical (unpaired) electrons. The molecular weight excluding hydrogens is 500 g/mol. The van der Waals surface area contributed by atoms with Crippen LogP contribution < -0.4 is 14.8 Å². The molecule has 6 nitrogen and oxygen atoms in total. The lowest BCUT2D eigenvalue weighted by Gasteiger charge is -2.32. The quantitative estimate of drug-likeness (QED) is 0.348. The van der Waals surface area contributed by atoms with Crippen molar-refractivity contribution in [3.63, 3.8) is 0 Å². The fraction of sp³-hybridized carbons (Fsp3) is 0.355. The summed E-state index contributed by atoms with van der Waals surface area (Å²) in [5.41, 5.74) is 2.76. The standard InChI is InChI=1S/C31H35ClN2O4/c1-3-22(2)33-31(36)27(19-23-9-5-4-6-10-23)34(21-25-11-7-8-12-26(25)32)30(35)16-14-24-13-15-28-29(20-24)38-18-17-37-28/h4-13,15,20,22,27H,3,14,16-19,21H2,1-2H3,(H,33,36)/t22-,27+/m1/s1. The molecule has 0 aromatic heterocycles. The number of carbonyl (C=O) groups is 2. The van der Waals surface area contributed by atoms with E-state index in [4.69, 9.17) is 21.1 Å². The van der Waals surface area contributed by atoms with Crippen molar-refractivity contribution < 1.29 is 19.1 Å². The Labute approximate surface area is 229 Å². The van der Waals surface area contributed by atoms with E-state index in [1.807, 2.05) is 80.6 Å². The third-order valence-electron chi connectivity index (χ3n) is 6.80. The van der Waals surface area contributed by atoms with E-state index in [1.54, 1.807) is 11.0 Å². The third kappa shape index (κ3) is 7.29. The molecule has 3 aromatic rings. The van der Waals surface area contributed by atoms with Gasteiger partial charge in [-0.2, -0.15) is 0 Å². The van der Waals surface area contributed by atoms with Crippen LogP contribution in [-0.2, 0) is 29.0 Å². The Morgan fingerprint density at radius 3 is 2.39 bits per heavy atom. The highest BCUT2D eigenvalue weighted by molar-refractivity contribution is 6.31. The lowest BCUT2D eigenvalue weighted by Crippen LogP contribution is -2.52. The van der Waals surface area contributed by atoms with E-state index in [1.165, 1.54) is 0 Å². The Morgan fingerprint density at radius 2 is 1.66 bits per heavy atom. The summed E-state index contributed by atoms with van der Waals surface area (Å²) in [6.07, 6.45) is 1.96. The van der Waals surface area contributed by atoms with Crippen LogP contribution in [0.3, 0.4) is 0 Å². The van der Waals surface area contributed by atoms with Crippen LogP contribution in [0.1, 0.15) is 43.4 Å². The third-order valence-corrected chi connectivity index (χ3v) is 7.17. The summed E-state index contributed by atoms with van der Waals surface area (Å²) >= 11 is 6.50. The lowest BCUT2D eigenvalue weighted by atomic mass is 10.0. The number of nitrogens with one attached hydrogen (secondary N) is 1.